The molecule has 0 bridgehead atoms. The van der Waals surface area contributed by atoms with Gasteiger partial charge in [0.2, 0.25) is 0 Å². The van der Waals surface area contributed by atoms with E-state index < -0.39 is 6.17 Å². The van der Waals surface area contributed by atoms with Crippen molar-refractivity contribution in [3.8, 4) is 11.3 Å². The fraction of sp³-hybridized carbons (Fsp3) is 0.333. The van der Waals surface area contributed by atoms with Gasteiger partial charge in [0.15, 0.2) is 5.82 Å². The molecule has 27 heavy (non-hydrogen) atoms. The largest absolute Gasteiger partial charge is 0.354 e. The van der Waals surface area contributed by atoms with E-state index in [1.165, 1.54) is 4.68 Å². The third-order valence-corrected chi connectivity index (χ3v) is 4.99. The summed E-state index contributed by atoms with van der Waals surface area (Å²) in [6, 6.07) is 7.26. The first-order chi connectivity index (χ1) is 13.1. The molecule has 0 aromatic carbocycles. The van der Waals surface area contributed by atoms with Gasteiger partial charge in [0.05, 0.1) is 24.5 Å². The number of fused-ring (bicyclic) bond motifs is 1. The minimum absolute atomic E-state index is 0.217. The standard InChI is InChI=1S/C18H18FN7O/c1-23-6-5-17(22-23)25-11-14-8-15(21-26(14)18(25)27)12-2-3-16(20-9-12)24-7-4-13(19)10-24/h2-3,5-6,8-9,13H,4,7,10-11H2,1H3/t13-/m0/s1. The molecule has 3 aromatic heterocycles. The molecule has 0 spiro atoms. The van der Waals surface area contributed by atoms with Gasteiger partial charge in [-0.15, -0.1) is 0 Å². The average molecular weight is 367 g/mol. The molecular weight excluding hydrogens is 349 g/mol. The van der Waals surface area contributed by atoms with Crippen LogP contribution in [0.2, 0.25) is 0 Å². The summed E-state index contributed by atoms with van der Waals surface area (Å²) >= 11 is 0. The van der Waals surface area contributed by atoms with Gasteiger partial charge in [-0.1, -0.05) is 0 Å². The van der Waals surface area contributed by atoms with Gasteiger partial charge in [-0.3, -0.25) is 9.58 Å². The van der Waals surface area contributed by atoms with Gasteiger partial charge in [0, 0.05) is 37.6 Å². The summed E-state index contributed by atoms with van der Waals surface area (Å²) in [5, 5.41) is 8.72. The molecule has 2 aliphatic rings. The number of alkyl halides is 1. The van der Waals surface area contributed by atoms with E-state index in [0.29, 0.717) is 37.6 Å². The van der Waals surface area contributed by atoms with Crippen LogP contribution in [0, 0.1) is 0 Å². The van der Waals surface area contributed by atoms with Crippen molar-refractivity contribution in [3.05, 3.63) is 42.4 Å². The minimum Gasteiger partial charge on any atom is -0.354 e. The van der Waals surface area contributed by atoms with Crippen molar-refractivity contribution in [2.24, 2.45) is 7.05 Å². The number of aryl methyl sites for hydroxylation is 1. The maximum atomic E-state index is 13.4. The smallest absolute Gasteiger partial charge is 0.351 e. The summed E-state index contributed by atoms with van der Waals surface area (Å²) in [6.07, 6.45) is 3.29. The number of carbonyl (C=O) groups is 1. The zero-order valence-electron chi connectivity index (χ0n) is 14.8. The number of anilines is 2. The van der Waals surface area contributed by atoms with E-state index in [-0.39, 0.29) is 6.03 Å². The Balaban J connectivity index is 1.37. The molecule has 1 amide bonds. The molecular formula is C18H18FN7O. The van der Waals surface area contributed by atoms with Crippen molar-refractivity contribution < 1.29 is 9.18 Å². The number of rotatable bonds is 3. The molecule has 5 heterocycles. The Hall–Kier alpha value is -3.23. The Labute approximate surface area is 154 Å². The molecule has 2 aliphatic heterocycles. The van der Waals surface area contributed by atoms with Crippen molar-refractivity contribution in [1.29, 1.82) is 0 Å². The van der Waals surface area contributed by atoms with Crippen LogP contribution in [0.5, 0.6) is 0 Å². The second-order valence-corrected chi connectivity index (χ2v) is 6.89. The van der Waals surface area contributed by atoms with Crippen molar-refractivity contribution >= 4 is 17.7 Å². The van der Waals surface area contributed by atoms with Crippen LogP contribution in [0.1, 0.15) is 12.1 Å². The van der Waals surface area contributed by atoms with Gasteiger partial charge in [0.1, 0.15) is 12.0 Å². The molecule has 138 valence electrons. The van der Waals surface area contributed by atoms with E-state index in [2.05, 4.69) is 15.2 Å². The van der Waals surface area contributed by atoms with Gasteiger partial charge in [-0.2, -0.15) is 14.9 Å². The van der Waals surface area contributed by atoms with E-state index in [0.717, 1.165) is 17.1 Å². The quantitative estimate of drug-likeness (QED) is 0.710. The molecule has 0 unspecified atom stereocenters. The lowest BCUT2D eigenvalue weighted by Crippen LogP contribution is -2.27. The van der Waals surface area contributed by atoms with Crippen LogP contribution in [-0.4, -0.2) is 49.8 Å². The molecule has 8 nitrogen and oxygen atoms in total. The normalized spacial score (nSPS) is 19.2. The second kappa shape index (κ2) is 5.90. The van der Waals surface area contributed by atoms with Gasteiger partial charge in [0.25, 0.3) is 0 Å². The average Bonchev–Trinajstić information content (AvgIpc) is 3.42. The molecule has 3 aromatic rings. The van der Waals surface area contributed by atoms with Crippen molar-refractivity contribution in [1.82, 2.24) is 24.5 Å². The fourth-order valence-electron chi connectivity index (χ4n) is 3.56. The summed E-state index contributed by atoms with van der Waals surface area (Å²) in [7, 11) is 1.81. The monoisotopic (exact) mass is 367 g/mol. The number of aromatic nitrogens is 5. The highest BCUT2D eigenvalue weighted by Gasteiger charge is 2.32. The summed E-state index contributed by atoms with van der Waals surface area (Å²) in [5.41, 5.74) is 2.33. The van der Waals surface area contributed by atoms with E-state index in [4.69, 9.17) is 0 Å². The highest BCUT2D eigenvalue weighted by molar-refractivity contribution is 5.95. The van der Waals surface area contributed by atoms with Gasteiger partial charge >= 0.3 is 6.03 Å². The Morgan fingerprint density at radius 2 is 2.07 bits per heavy atom. The second-order valence-electron chi connectivity index (χ2n) is 6.89. The number of amides is 1. The summed E-state index contributed by atoms with van der Waals surface area (Å²) in [4.78, 5) is 20.6. The van der Waals surface area contributed by atoms with Crippen molar-refractivity contribution in [2.45, 2.75) is 19.1 Å². The predicted octanol–water partition coefficient (Wildman–Crippen LogP) is 2.22. The van der Waals surface area contributed by atoms with Gasteiger partial charge in [-0.25, -0.2) is 14.2 Å². The van der Waals surface area contributed by atoms with E-state index in [1.54, 1.807) is 28.0 Å². The molecule has 9 heteroatoms. The third kappa shape index (κ3) is 2.66. The molecule has 5 rings (SSSR count). The van der Waals surface area contributed by atoms with Gasteiger partial charge < -0.3 is 4.90 Å². The first-order valence-corrected chi connectivity index (χ1v) is 8.84. The first-order valence-electron chi connectivity index (χ1n) is 8.84. The van der Waals surface area contributed by atoms with Crippen LogP contribution in [0.15, 0.2) is 36.7 Å². The topological polar surface area (TPSA) is 72.1 Å². The Morgan fingerprint density at radius 1 is 1.19 bits per heavy atom. The van der Waals surface area contributed by atoms with Crippen LogP contribution in [-0.2, 0) is 13.6 Å². The maximum absolute atomic E-state index is 13.4. The zero-order chi connectivity index (χ0) is 18.5. The number of nitrogens with zero attached hydrogens (tertiary/aromatic N) is 7. The van der Waals surface area contributed by atoms with Crippen molar-refractivity contribution in [2.75, 3.05) is 22.9 Å². The number of hydrogen-bond acceptors (Lipinski definition) is 5. The third-order valence-electron chi connectivity index (χ3n) is 4.99. The molecule has 1 fully saturated rings. The van der Waals surface area contributed by atoms with E-state index >= 15 is 0 Å². The predicted molar refractivity (Wildman–Crippen MR) is 97.4 cm³/mol. The summed E-state index contributed by atoms with van der Waals surface area (Å²) < 4.78 is 16.4. The molecule has 0 aliphatic carbocycles. The number of pyridine rings is 1. The van der Waals surface area contributed by atoms with Crippen LogP contribution >= 0.6 is 0 Å². The lowest BCUT2D eigenvalue weighted by Gasteiger charge is -2.16. The Bertz CT molecular complexity index is 1010. The van der Waals surface area contributed by atoms with Crippen LogP contribution in [0.3, 0.4) is 0 Å². The summed E-state index contributed by atoms with van der Waals surface area (Å²) in [5.74, 6) is 1.38. The molecule has 1 saturated heterocycles. The van der Waals surface area contributed by atoms with E-state index in [1.807, 2.05) is 30.1 Å². The van der Waals surface area contributed by atoms with Gasteiger partial charge in [-0.05, 0) is 24.6 Å². The molecule has 0 N–H and O–H groups in total. The maximum Gasteiger partial charge on any atom is 0.351 e. The highest BCUT2D eigenvalue weighted by atomic mass is 19.1. The number of halogens is 1. The lowest BCUT2D eigenvalue weighted by molar-refractivity contribution is 0.248. The number of carbonyl (C=O) groups excluding carboxylic acids is 1. The van der Waals surface area contributed by atoms with Crippen LogP contribution in [0.25, 0.3) is 11.3 Å². The SMILES string of the molecule is Cn1ccc(N2Cc3cc(-c4ccc(N5CC[C@H](F)C5)nc4)nn3C2=O)n1. The molecule has 1 atom stereocenters. The Kier molecular flexibility index (Phi) is 3.49. The zero-order valence-corrected chi connectivity index (χ0v) is 14.8. The van der Waals surface area contributed by atoms with Crippen molar-refractivity contribution in [3.63, 3.8) is 0 Å². The molecule has 0 radical (unpaired) electrons. The lowest BCUT2D eigenvalue weighted by atomic mass is 10.2. The van der Waals surface area contributed by atoms with Crippen LogP contribution < -0.4 is 9.80 Å². The van der Waals surface area contributed by atoms with Crippen LogP contribution in [0.4, 0.5) is 20.8 Å². The highest BCUT2D eigenvalue weighted by Crippen LogP contribution is 2.28. The number of hydrogen-bond donors (Lipinski definition) is 0. The minimum atomic E-state index is -0.782. The fourth-order valence-corrected chi connectivity index (χ4v) is 3.56. The summed E-state index contributed by atoms with van der Waals surface area (Å²) in [6.45, 7) is 1.51. The Morgan fingerprint density at radius 3 is 2.70 bits per heavy atom. The van der Waals surface area contributed by atoms with E-state index in [9.17, 15) is 9.18 Å². The molecule has 0 saturated carbocycles. The first kappa shape index (κ1) is 16.0.